The molecule has 0 saturated heterocycles. The molecule has 120 valence electrons. The van der Waals surface area contributed by atoms with Gasteiger partial charge in [0.1, 0.15) is 12.4 Å². The molecule has 3 N–H and O–H groups in total. The van der Waals surface area contributed by atoms with Gasteiger partial charge in [-0.3, -0.25) is 0 Å². The van der Waals surface area contributed by atoms with Gasteiger partial charge in [0.05, 0.1) is 13.2 Å². The van der Waals surface area contributed by atoms with E-state index in [0.717, 1.165) is 30.0 Å². The molecule has 0 radical (unpaired) electrons. The number of aliphatic hydroxyl groups excluding tert-OH is 2. The standard InChI is InChI=1S/C15H25NO3S2/c1-12(11-21-20-2)8-16-3-4-19-15-6-13(9-17)5-14(7-15)10-18/h5-7,12,16-18H,3-4,8-11H2,1-2H3. The molecule has 0 bridgehead atoms. The highest BCUT2D eigenvalue weighted by Gasteiger charge is 2.03. The van der Waals surface area contributed by atoms with Gasteiger partial charge in [-0.25, -0.2) is 0 Å². The van der Waals surface area contributed by atoms with Gasteiger partial charge in [-0.15, -0.1) is 0 Å². The Bertz CT molecular complexity index is 382. The van der Waals surface area contributed by atoms with Crippen molar-refractivity contribution < 1.29 is 14.9 Å². The van der Waals surface area contributed by atoms with Crippen LogP contribution >= 0.6 is 21.6 Å². The Kier molecular flexibility index (Phi) is 9.95. The smallest absolute Gasteiger partial charge is 0.120 e. The van der Waals surface area contributed by atoms with Crippen molar-refractivity contribution >= 4 is 21.6 Å². The Labute approximate surface area is 135 Å². The van der Waals surface area contributed by atoms with Gasteiger partial charge in [0.25, 0.3) is 0 Å². The van der Waals surface area contributed by atoms with E-state index in [1.807, 2.05) is 10.8 Å². The molecule has 0 heterocycles. The third kappa shape index (κ3) is 7.97. The first-order valence-electron chi connectivity index (χ1n) is 7.03. The molecule has 0 aromatic heterocycles. The van der Waals surface area contributed by atoms with Gasteiger partial charge in [0, 0.05) is 12.3 Å². The molecule has 0 fully saturated rings. The summed E-state index contributed by atoms with van der Waals surface area (Å²) in [4.78, 5) is 0. The third-order valence-electron chi connectivity index (χ3n) is 2.90. The topological polar surface area (TPSA) is 61.7 Å². The van der Waals surface area contributed by atoms with Crippen LogP contribution in [0.1, 0.15) is 18.1 Å². The van der Waals surface area contributed by atoms with Crippen molar-refractivity contribution in [1.82, 2.24) is 5.32 Å². The molecule has 6 heteroatoms. The quantitative estimate of drug-likeness (QED) is 0.427. The number of hydrogen-bond acceptors (Lipinski definition) is 6. The predicted octanol–water partition coefficient (Wildman–Crippen LogP) is 2.29. The van der Waals surface area contributed by atoms with Crippen molar-refractivity contribution in [2.24, 2.45) is 5.92 Å². The lowest BCUT2D eigenvalue weighted by atomic mass is 10.1. The summed E-state index contributed by atoms with van der Waals surface area (Å²) < 4.78 is 5.66. The second-order valence-electron chi connectivity index (χ2n) is 4.91. The van der Waals surface area contributed by atoms with Gasteiger partial charge >= 0.3 is 0 Å². The Morgan fingerprint density at radius 3 is 2.43 bits per heavy atom. The molecule has 0 aliphatic rings. The van der Waals surface area contributed by atoms with E-state index in [1.54, 1.807) is 29.0 Å². The van der Waals surface area contributed by atoms with E-state index in [2.05, 4.69) is 18.5 Å². The monoisotopic (exact) mass is 331 g/mol. The molecule has 4 nitrogen and oxygen atoms in total. The minimum absolute atomic E-state index is 0.0485. The zero-order valence-corrected chi connectivity index (χ0v) is 14.3. The van der Waals surface area contributed by atoms with Crippen LogP contribution in [0.3, 0.4) is 0 Å². The van der Waals surface area contributed by atoms with E-state index in [4.69, 9.17) is 4.74 Å². The lowest BCUT2D eigenvalue weighted by Gasteiger charge is -2.13. The average molecular weight is 332 g/mol. The maximum atomic E-state index is 9.17. The van der Waals surface area contributed by atoms with Gasteiger partial charge in [0.15, 0.2) is 0 Å². The maximum Gasteiger partial charge on any atom is 0.120 e. The molecular weight excluding hydrogens is 306 g/mol. The van der Waals surface area contributed by atoms with Crippen molar-refractivity contribution in [2.75, 3.05) is 31.7 Å². The van der Waals surface area contributed by atoms with Crippen LogP contribution in [0.25, 0.3) is 0 Å². The fourth-order valence-corrected chi connectivity index (χ4v) is 3.42. The van der Waals surface area contributed by atoms with Gasteiger partial charge in [-0.05, 0) is 42.0 Å². The first-order chi connectivity index (χ1) is 10.2. The number of benzene rings is 1. The summed E-state index contributed by atoms with van der Waals surface area (Å²) in [5.74, 6) is 2.48. The molecule has 0 saturated carbocycles. The van der Waals surface area contributed by atoms with Crippen LogP contribution < -0.4 is 10.1 Å². The molecule has 1 aromatic rings. The SMILES string of the molecule is CSSCC(C)CNCCOc1cc(CO)cc(CO)c1. The summed E-state index contributed by atoms with van der Waals surface area (Å²) in [5, 5.41) is 21.7. The fourth-order valence-electron chi connectivity index (χ4n) is 1.83. The van der Waals surface area contributed by atoms with Crippen LogP contribution in [0, 0.1) is 5.92 Å². The van der Waals surface area contributed by atoms with Gasteiger partial charge in [-0.1, -0.05) is 34.6 Å². The van der Waals surface area contributed by atoms with E-state index >= 15 is 0 Å². The van der Waals surface area contributed by atoms with E-state index in [1.165, 1.54) is 0 Å². The number of ether oxygens (including phenoxy) is 1. The van der Waals surface area contributed by atoms with Crippen LogP contribution in [0.15, 0.2) is 18.2 Å². The molecule has 21 heavy (non-hydrogen) atoms. The van der Waals surface area contributed by atoms with Gasteiger partial charge in [-0.2, -0.15) is 0 Å². The van der Waals surface area contributed by atoms with Crippen molar-refractivity contribution in [3.8, 4) is 5.75 Å². The summed E-state index contributed by atoms with van der Waals surface area (Å²) in [5.41, 5.74) is 1.51. The minimum atomic E-state index is -0.0485. The highest BCUT2D eigenvalue weighted by molar-refractivity contribution is 8.76. The fraction of sp³-hybridized carbons (Fsp3) is 0.600. The van der Waals surface area contributed by atoms with Crippen LogP contribution in [0.5, 0.6) is 5.75 Å². The zero-order chi connectivity index (χ0) is 15.5. The van der Waals surface area contributed by atoms with E-state index in [0.29, 0.717) is 18.3 Å². The van der Waals surface area contributed by atoms with Crippen molar-refractivity contribution in [3.63, 3.8) is 0 Å². The highest BCUT2D eigenvalue weighted by Crippen LogP contribution is 2.20. The molecule has 1 aromatic carbocycles. The number of nitrogens with one attached hydrogen (secondary N) is 1. The molecule has 0 aliphatic carbocycles. The van der Waals surface area contributed by atoms with Crippen LogP contribution in [0.2, 0.25) is 0 Å². The largest absolute Gasteiger partial charge is 0.492 e. The van der Waals surface area contributed by atoms with Gasteiger partial charge in [0.2, 0.25) is 0 Å². The lowest BCUT2D eigenvalue weighted by Crippen LogP contribution is -2.26. The molecule has 1 unspecified atom stereocenters. The first-order valence-corrected chi connectivity index (χ1v) is 9.76. The number of aliphatic hydroxyl groups is 2. The summed E-state index contributed by atoms with van der Waals surface area (Å²) in [7, 11) is 3.68. The van der Waals surface area contributed by atoms with Crippen LogP contribution in [-0.4, -0.2) is 41.9 Å². The minimum Gasteiger partial charge on any atom is -0.492 e. The van der Waals surface area contributed by atoms with Crippen LogP contribution in [-0.2, 0) is 13.2 Å². The molecular formula is C15H25NO3S2. The number of rotatable bonds is 11. The second kappa shape index (κ2) is 11.2. The molecule has 1 atom stereocenters. The normalized spacial score (nSPS) is 12.4. The second-order valence-corrected chi connectivity index (χ2v) is 7.52. The van der Waals surface area contributed by atoms with E-state index in [-0.39, 0.29) is 13.2 Å². The summed E-state index contributed by atoms with van der Waals surface area (Å²) >= 11 is 0. The Morgan fingerprint density at radius 2 is 1.86 bits per heavy atom. The summed E-state index contributed by atoms with van der Waals surface area (Å²) in [6.45, 7) is 4.47. The zero-order valence-electron chi connectivity index (χ0n) is 12.7. The highest BCUT2D eigenvalue weighted by atomic mass is 33.1. The molecule has 1 rings (SSSR count). The van der Waals surface area contributed by atoms with Crippen molar-refractivity contribution in [2.45, 2.75) is 20.1 Å². The van der Waals surface area contributed by atoms with E-state index in [9.17, 15) is 10.2 Å². The van der Waals surface area contributed by atoms with Crippen LogP contribution in [0.4, 0.5) is 0 Å². The Morgan fingerprint density at radius 1 is 1.19 bits per heavy atom. The maximum absolute atomic E-state index is 9.17. The lowest BCUT2D eigenvalue weighted by molar-refractivity contribution is 0.270. The predicted molar refractivity (Wildman–Crippen MR) is 91.8 cm³/mol. The third-order valence-corrected chi connectivity index (χ3v) is 4.96. The van der Waals surface area contributed by atoms with Crippen molar-refractivity contribution in [3.05, 3.63) is 29.3 Å². The Hall–Kier alpha value is -0.400. The first kappa shape index (κ1) is 18.6. The van der Waals surface area contributed by atoms with Crippen molar-refractivity contribution in [1.29, 1.82) is 0 Å². The molecule has 0 spiro atoms. The summed E-state index contributed by atoms with van der Waals surface area (Å²) in [6.07, 6.45) is 2.10. The molecule has 0 aliphatic heterocycles. The average Bonchev–Trinajstić information content (AvgIpc) is 2.52. The van der Waals surface area contributed by atoms with E-state index < -0.39 is 0 Å². The summed E-state index contributed by atoms with van der Waals surface area (Å²) in [6, 6.07) is 5.38. The molecule has 0 amide bonds. The van der Waals surface area contributed by atoms with Gasteiger partial charge < -0.3 is 20.3 Å². The Balaban J connectivity index is 2.26. The number of hydrogen-bond donors (Lipinski definition) is 3.